The van der Waals surface area contributed by atoms with Crippen molar-refractivity contribution in [3.8, 4) is 6.07 Å². The van der Waals surface area contributed by atoms with E-state index in [9.17, 15) is 10.1 Å². The van der Waals surface area contributed by atoms with Crippen LogP contribution in [0.1, 0.15) is 36.8 Å². The van der Waals surface area contributed by atoms with Crippen LogP contribution in [0.4, 0.5) is 0 Å². The number of carbonyl (C=O) groups excluding carboxylic acids is 1. The van der Waals surface area contributed by atoms with Crippen LogP contribution >= 0.6 is 0 Å². The third-order valence-corrected chi connectivity index (χ3v) is 3.47. The zero-order valence-electron chi connectivity index (χ0n) is 13.7. The van der Waals surface area contributed by atoms with Crippen LogP contribution < -0.4 is 0 Å². The number of Topliss-reactive ketones (excluding diaryl/α,β-unsaturated/α-hetero) is 1. The first-order valence-corrected chi connectivity index (χ1v) is 7.19. The monoisotopic (exact) mass is 295 g/mol. The van der Waals surface area contributed by atoms with Gasteiger partial charge in [0.05, 0.1) is 5.69 Å². The summed E-state index contributed by atoms with van der Waals surface area (Å²) in [6, 6.07) is 9.82. The quantitative estimate of drug-likeness (QED) is 0.534. The number of aromatic amines is 1. The fourth-order valence-corrected chi connectivity index (χ4v) is 2.47. The van der Waals surface area contributed by atoms with Crippen LogP contribution in [-0.2, 0) is 5.41 Å². The number of rotatable bonds is 3. The number of H-pyrrole nitrogens is 1. The van der Waals surface area contributed by atoms with Crippen LogP contribution in [0.3, 0.4) is 0 Å². The topological polar surface area (TPSA) is 59.9 Å². The molecule has 1 aromatic heterocycles. The van der Waals surface area contributed by atoms with Gasteiger partial charge >= 0.3 is 0 Å². The number of carbonyl (C=O) groups is 1. The van der Waals surface area contributed by atoms with E-state index in [0.29, 0.717) is 5.69 Å². The van der Waals surface area contributed by atoms with Gasteiger partial charge in [-0.05, 0) is 23.1 Å². The summed E-state index contributed by atoms with van der Waals surface area (Å²) in [5, 5.41) is 10.2. The number of nitrogens with zero attached hydrogens (tertiary/aromatic N) is 2. The summed E-state index contributed by atoms with van der Waals surface area (Å²) < 4.78 is 0. The lowest BCUT2D eigenvalue weighted by atomic mass is 9.85. The second-order valence-electron chi connectivity index (χ2n) is 6.65. The summed E-state index contributed by atoms with van der Waals surface area (Å²) >= 11 is 0. The van der Waals surface area contributed by atoms with Crippen LogP contribution in [0.2, 0.25) is 0 Å². The Morgan fingerprint density at radius 3 is 2.55 bits per heavy atom. The molecule has 0 atom stereocenters. The Hall–Kier alpha value is -2.54. The van der Waals surface area contributed by atoms with Gasteiger partial charge in [-0.25, -0.2) is 0 Å². The van der Waals surface area contributed by atoms with Crippen molar-refractivity contribution in [3.05, 3.63) is 47.3 Å². The number of ketones is 1. The van der Waals surface area contributed by atoms with Crippen molar-refractivity contribution in [2.24, 2.45) is 0 Å². The van der Waals surface area contributed by atoms with Gasteiger partial charge in [-0.1, -0.05) is 32.9 Å². The molecule has 4 heteroatoms. The highest BCUT2D eigenvalue weighted by Gasteiger charge is 2.20. The molecular weight excluding hydrogens is 274 g/mol. The Morgan fingerprint density at radius 1 is 1.32 bits per heavy atom. The third kappa shape index (κ3) is 3.04. The van der Waals surface area contributed by atoms with E-state index >= 15 is 0 Å². The highest BCUT2D eigenvalue weighted by molar-refractivity contribution is 6.12. The molecule has 0 bridgehead atoms. The molecule has 114 valence electrons. The Morgan fingerprint density at radius 2 is 2.00 bits per heavy atom. The number of nitrogens with one attached hydrogen (secondary N) is 1. The number of nitriles is 1. The molecule has 0 fully saturated rings. The minimum atomic E-state index is -0.285. The maximum Gasteiger partial charge on any atom is 0.221 e. The Balaban J connectivity index is 2.56. The molecule has 2 rings (SSSR count). The number of hydrogen-bond donors (Lipinski definition) is 1. The lowest BCUT2D eigenvalue weighted by Crippen LogP contribution is -2.11. The molecule has 0 aliphatic carbocycles. The molecule has 1 heterocycles. The van der Waals surface area contributed by atoms with Gasteiger partial charge in [-0.2, -0.15) is 5.26 Å². The van der Waals surface area contributed by atoms with E-state index in [4.69, 9.17) is 0 Å². The van der Waals surface area contributed by atoms with Crippen molar-refractivity contribution in [1.82, 2.24) is 9.88 Å². The predicted octanol–water partition coefficient (Wildman–Crippen LogP) is 3.62. The highest BCUT2D eigenvalue weighted by Crippen LogP contribution is 2.30. The largest absolute Gasteiger partial charge is 0.382 e. The van der Waals surface area contributed by atoms with E-state index in [1.54, 1.807) is 25.2 Å². The molecule has 1 N–H and O–H groups in total. The molecule has 1 aromatic carbocycles. The van der Waals surface area contributed by atoms with E-state index in [1.807, 2.05) is 24.3 Å². The van der Waals surface area contributed by atoms with Crippen molar-refractivity contribution < 1.29 is 4.79 Å². The fraction of sp³-hybridized carbons (Fsp3) is 0.333. The molecule has 0 aliphatic heterocycles. The number of fused-ring (bicyclic) bond motifs is 1. The van der Waals surface area contributed by atoms with Gasteiger partial charge in [0.15, 0.2) is 0 Å². The van der Waals surface area contributed by atoms with Crippen molar-refractivity contribution in [2.75, 3.05) is 14.1 Å². The Kier molecular flexibility index (Phi) is 4.09. The first-order chi connectivity index (χ1) is 10.2. The van der Waals surface area contributed by atoms with E-state index in [-0.39, 0.29) is 16.8 Å². The zero-order valence-corrected chi connectivity index (χ0v) is 13.7. The first kappa shape index (κ1) is 15.8. The zero-order chi connectivity index (χ0) is 16.5. The number of hydrogen-bond acceptors (Lipinski definition) is 3. The average molecular weight is 295 g/mol. The van der Waals surface area contributed by atoms with Crippen molar-refractivity contribution >= 4 is 16.7 Å². The standard InChI is InChI=1S/C18H21N3O/c1-18(2,3)14-7-6-8-15-13(14)9-16(20-15)17(22)12(10-19)11-21(4)5/h6-9,11,20H,1-5H3/b12-11+. The molecule has 4 nitrogen and oxygen atoms in total. The number of allylic oxidation sites excluding steroid dienone is 1. The Labute approximate surface area is 131 Å². The molecule has 0 amide bonds. The van der Waals surface area contributed by atoms with Gasteiger partial charge in [0.1, 0.15) is 11.6 Å². The smallest absolute Gasteiger partial charge is 0.221 e. The molecule has 0 saturated heterocycles. The van der Waals surface area contributed by atoms with Gasteiger partial charge in [-0.3, -0.25) is 4.79 Å². The maximum absolute atomic E-state index is 12.5. The maximum atomic E-state index is 12.5. The molecule has 0 unspecified atom stereocenters. The number of benzene rings is 1. The lowest BCUT2D eigenvalue weighted by Gasteiger charge is -2.19. The van der Waals surface area contributed by atoms with Gasteiger partial charge in [0.2, 0.25) is 5.78 Å². The summed E-state index contributed by atoms with van der Waals surface area (Å²) in [6.07, 6.45) is 1.54. The first-order valence-electron chi connectivity index (χ1n) is 7.19. The normalized spacial score (nSPS) is 12.3. The van der Waals surface area contributed by atoms with Crippen molar-refractivity contribution in [1.29, 1.82) is 5.26 Å². The van der Waals surface area contributed by atoms with Crippen molar-refractivity contribution in [3.63, 3.8) is 0 Å². The highest BCUT2D eigenvalue weighted by atomic mass is 16.1. The molecular formula is C18H21N3O. The van der Waals surface area contributed by atoms with E-state index in [1.165, 1.54) is 5.56 Å². The third-order valence-electron chi connectivity index (χ3n) is 3.47. The fourth-order valence-electron chi connectivity index (χ4n) is 2.47. The van der Waals surface area contributed by atoms with Crippen molar-refractivity contribution in [2.45, 2.75) is 26.2 Å². The van der Waals surface area contributed by atoms with Gasteiger partial charge in [-0.15, -0.1) is 0 Å². The molecule has 22 heavy (non-hydrogen) atoms. The van der Waals surface area contributed by atoms with Crippen LogP contribution in [0.5, 0.6) is 0 Å². The molecule has 0 radical (unpaired) electrons. The van der Waals surface area contributed by atoms with E-state index in [2.05, 4.69) is 31.8 Å². The second-order valence-corrected chi connectivity index (χ2v) is 6.65. The second kappa shape index (κ2) is 5.69. The van der Waals surface area contributed by atoms with E-state index < -0.39 is 0 Å². The average Bonchev–Trinajstić information content (AvgIpc) is 2.86. The van der Waals surface area contributed by atoms with Gasteiger partial charge in [0.25, 0.3) is 0 Å². The van der Waals surface area contributed by atoms with Crippen LogP contribution in [0.25, 0.3) is 10.9 Å². The number of aromatic nitrogens is 1. The predicted molar refractivity (Wildman–Crippen MR) is 88.7 cm³/mol. The van der Waals surface area contributed by atoms with E-state index in [0.717, 1.165) is 10.9 Å². The summed E-state index contributed by atoms with van der Waals surface area (Å²) in [7, 11) is 3.57. The SMILES string of the molecule is CN(C)/C=C(\C#N)C(=O)c1cc2c(C(C)(C)C)cccc2[nH]1. The van der Waals surface area contributed by atoms with Gasteiger partial charge in [0, 0.05) is 31.2 Å². The van der Waals surface area contributed by atoms with Crippen LogP contribution in [0, 0.1) is 11.3 Å². The lowest BCUT2D eigenvalue weighted by molar-refractivity contribution is 0.103. The molecule has 2 aromatic rings. The molecule has 0 saturated carbocycles. The minimum absolute atomic E-state index is 0.0143. The molecule has 0 spiro atoms. The van der Waals surface area contributed by atoms with Crippen LogP contribution in [-0.4, -0.2) is 29.8 Å². The molecule has 0 aliphatic rings. The summed E-state index contributed by atoms with van der Waals surface area (Å²) in [5.74, 6) is -0.285. The summed E-state index contributed by atoms with van der Waals surface area (Å²) in [6.45, 7) is 6.43. The summed E-state index contributed by atoms with van der Waals surface area (Å²) in [5.41, 5.74) is 2.64. The van der Waals surface area contributed by atoms with Crippen LogP contribution in [0.15, 0.2) is 36.0 Å². The Bertz CT molecular complexity index is 783. The van der Waals surface area contributed by atoms with Gasteiger partial charge < -0.3 is 9.88 Å². The minimum Gasteiger partial charge on any atom is -0.382 e. The summed E-state index contributed by atoms with van der Waals surface area (Å²) in [4.78, 5) is 17.3.